The molecule has 0 aliphatic carbocycles. The van der Waals surface area contributed by atoms with E-state index in [-0.39, 0.29) is 0 Å². The Bertz CT molecular complexity index is 557. The first kappa shape index (κ1) is 13.6. The first-order chi connectivity index (χ1) is 9.11. The van der Waals surface area contributed by atoms with E-state index >= 15 is 0 Å². The highest BCUT2D eigenvalue weighted by Gasteiger charge is 2.12. The van der Waals surface area contributed by atoms with Gasteiger partial charge in [0.25, 0.3) is 0 Å². The highest BCUT2D eigenvalue weighted by Crippen LogP contribution is 2.19. The van der Waals surface area contributed by atoms with Crippen molar-refractivity contribution in [3.05, 3.63) is 24.3 Å². The van der Waals surface area contributed by atoms with Gasteiger partial charge in [-0.15, -0.1) is 0 Å². The Hall–Kier alpha value is -1.78. The normalized spacial score (nSPS) is 15.8. The lowest BCUT2D eigenvalue weighted by molar-refractivity contribution is 0.122. The van der Waals surface area contributed by atoms with E-state index in [9.17, 15) is 8.42 Å². The number of nitrogens with one attached hydrogen (secondary N) is 1. The Morgan fingerprint density at radius 1 is 1.26 bits per heavy atom. The van der Waals surface area contributed by atoms with Gasteiger partial charge in [-0.1, -0.05) is 0 Å². The van der Waals surface area contributed by atoms with Crippen LogP contribution in [0.1, 0.15) is 0 Å². The molecule has 1 fully saturated rings. The predicted molar refractivity (Wildman–Crippen MR) is 72.5 cm³/mol. The number of hydrogen-bond donors (Lipinski definition) is 1. The van der Waals surface area contributed by atoms with Crippen LogP contribution >= 0.6 is 0 Å². The van der Waals surface area contributed by atoms with Crippen LogP contribution < -0.4 is 9.62 Å². The van der Waals surface area contributed by atoms with Crippen molar-refractivity contribution in [2.24, 2.45) is 0 Å². The standard InChI is InChI=1S/C12H15N3O3S/c13-5-10-19(16,17)14-11-1-3-12(4-2-11)15-6-8-18-9-7-15/h1-4,14H,6-10H2. The fourth-order valence-electron chi connectivity index (χ4n) is 1.86. The SMILES string of the molecule is N#CCS(=O)(=O)Nc1ccc(N2CCOCC2)cc1. The van der Waals surface area contributed by atoms with Crippen LogP contribution in [-0.4, -0.2) is 40.5 Å². The van der Waals surface area contributed by atoms with Crippen LogP contribution in [0.2, 0.25) is 0 Å². The van der Waals surface area contributed by atoms with E-state index in [4.69, 9.17) is 10.00 Å². The molecule has 1 aliphatic heterocycles. The number of nitriles is 1. The van der Waals surface area contributed by atoms with Gasteiger partial charge >= 0.3 is 0 Å². The molecule has 7 heteroatoms. The van der Waals surface area contributed by atoms with Crippen LogP contribution in [0.4, 0.5) is 11.4 Å². The second-order valence-corrected chi connectivity index (χ2v) is 5.89. The molecule has 0 aromatic heterocycles. The lowest BCUT2D eigenvalue weighted by Gasteiger charge is -2.28. The molecule has 1 N–H and O–H groups in total. The Balaban J connectivity index is 2.04. The molecular weight excluding hydrogens is 266 g/mol. The number of anilines is 2. The number of morpholine rings is 1. The Morgan fingerprint density at radius 3 is 2.47 bits per heavy atom. The minimum atomic E-state index is -3.57. The number of nitrogens with zero attached hydrogens (tertiary/aromatic N) is 2. The maximum absolute atomic E-state index is 11.4. The van der Waals surface area contributed by atoms with E-state index in [0.717, 1.165) is 18.8 Å². The van der Waals surface area contributed by atoms with Gasteiger partial charge in [-0.2, -0.15) is 5.26 Å². The maximum Gasteiger partial charge on any atom is 0.246 e. The Kier molecular flexibility index (Phi) is 4.24. The van der Waals surface area contributed by atoms with Crippen LogP contribution in [0.15, 0.2) is 24.3 Å². The molecule has 0 saturated carbocycles. The van der Waals surface area contributed by atoms with Crippen LogP contribution in [0.3, 0.4) is 0 Å². The fourth-order valence-corrected chi connectivity index (χ4v) is 2.60. The Labute approximate surface area is 112 Å². The Morgan fingerprint density at radius 2 is 1.89 bits per heavy atom. The van der Waals surface area contributed by atoms with Crippen molar-refractivity contribution in [2.75, 3.05) is 41.7 Å². The van der Waals surface area contributed by atoms with Gasteiger partial charge in [-0.25, -0.2) is 8.42 Å². The molecule has 1 saturated heterocycles. The largest absolute Gasteiger partial charge is 0.378 e. The summed E-state index contributed by atoms with van der Waals surface area (Å²) >= 11 is 0. The first-order valence-electron chi connectivity index (χ1n) is 5.91. The molecule has 0 atom stereocenters. The first-order valence-corrected chi connectivity index (χ1v) is 7.56. The molecule has 0 amide bonds. The zero-order chi connectivity index (χ0) is 13.7. The van der Waals surface area contributed by atoms with Gasteiger partial charge in [-0.3, -0.25) is 4.72 Å². The molecule has 2 rings (SSSR count). The van der Waals surface area contributed by atoms with Crippen LogP contribution in [0, 0.1) is 11.3 Å². The van der Waals surface area contributed by atoms with E-state index in [0.29, 0.717) is 18.9 Å². The van der Waals surface area contributed by atoms with E-state index < -0.39 is 15.8 Å². The molecule has 1 aromatic rings. The zero-order valence-electron chi connectivity index (χ0n) is 10.4. The highest BCUT2D eigenvalue weighted by molar-refractivity contribution is 7.92. The summed E-state index contributed by atoms with van der Waals surface area (Å²) in [4.78, 5) is 2.18. The zero-order valence-corrected chi connectivity index (χ0v) is 11.2. The van der Waals surface area contributed by atoms with Gasteiger partial charge in [-0.05, 0) is 24.3 Å². The van der Waals surface area contributed by atoms with Gasteiger partial charge in [0, 0.05) is 24.5 Å². The molecule has 0 bridgehead atoms. The monoisotopic (exact) mass is 281 g/mol. The molecule has 1 aliphatic rings. The number of benzene rings is 1. The summed E-state index contributed by atoms with van der Waals surface area (Å²) in [6, 6.07) is 8.72. The number of sulfonamides is 1. The van der Waals surface area contributed by atoms with Crippen molar-refractivity contribution in [1.29, 1.82) is 5.26 Å². The number of rotatable bonds is 4. The van der Waals surface area contributed by atoms with Gasteiger partial charge in [0.2, 0.25) is 10.0 Å². The van der Waals surface area contributed by atoms with Crippen LogP contribution in [0.5, 0.6) is 0 Å². The fraction of sp³-hybridized carbons (Fsp3) is 0.417. The molecule has 0 spiro atoms. The van der Waals surface area contributed by atoms with Crippen molar-refractivity contribution >= 4 is 21.4 Å². The van der Waals surface area contributed by atoms with Crippen molar-refractivity contribution in [1.82, 2.24) is 0 Å². The summed E-state index contributed by atoms with van der Waals surface area (Å²) < 4.78 is 30.5. The minimum Gasteiger partial charge on any atom is -0.378 e. The molecule has 6 nitrogen and oxygen atoms in total. The predicted octanol–water partition coefficient (Wildman–Crippen LogP) is 0.788. The molecule has 1 heterocycles. The summed E-state index contributed by atoms with van der Waals surface area (Å²) in [6.45, 7) is 3.08. The third kappa shape index (κ3) is 3.84. The topological polar surface area (TPSA) is 82.4 Å². The molecule has 0 radical (unpaired) electrons. The summed E-state index contributed by atoms with van der Waals surface area (Å²) in [6.07, 6.45) is 0. The lowest BCUT2D eigenvalue weighted by Crippen LogP contribution is -2.36. The summed E-state index contributed by atoms with van der Waals surface area (Å²) in [5.41, 5.74) is 1.50. The number of ether oxygens (including phenoxy) is 1. The van der Waals surface area contributed by atoms with Crippen molar-refractivity contribution in [3.8, 4) is 6.07 Å². The van der Waals surface area contributed by atoms with E-state index in [1.165, 1.54) is 0 Å². The average molecular weight is 281 g/mol. The van der Waals surface area contributed by atoms with E-state index in [1.54, 1.807) is 18.2 Å². The van der Waals surface area contributed by atoms with Crippen LogP contribution in [0.25, 0.3) is 0 Å². The lowest BCUT2D eigenvalue weighted by atomic mass is 10.2. The average Bonchev–Trinajstić information content (AvgIpc) is 2.40. The number of hydrogen-bond acceptors (Lipinski definition) is 5. The third-order valence-electron chi connectivity index (χ3n) is 2.77. The van der Waals surface area contributed by atoms with Crippen molar-refractivity contribution in [3.63, 3.8) is 0 Å². The molecule has 19 heavy (non-hydrogen) atoms. The minimum absolute atomic E-state index is 0.465. The third-order valence-corrected chi connectivity index (χ3v) is 3.83. The van der Waals surface area contributed by atoms with Gasteiger partial charge < -0.3 is 9.64 Å². The second kappa shape index (κ2) is 5.91. The maximum atomic E-state index is 11.4. The molecule has 0 unspecified atom stereocenters. The summed E-state index contributed by atoms with van der Waals surface area (Å²) in [5.74, 6) is -0.543. The van der Waals surface area contributed by atoms with E-state index in [1.807, 2.05) is 12.1 Å². The van der Waals surface area contributed by atoms with Gasteiger partial charge in [0.15, 0.2) is 5.75 Å². The van der Waals surface area contributed by atoms with Crippen molar-refractivity contribution < 1.29 is 13.2 Å². The molecular formula is C12H15N3O3S. The highest BCUT2D eigenvalue weighted by atomic mass is 32.2. The van der Waals surface area contributed by atoms with Gasteiger partial charge in [0.05, 0.1) is 19.3 Å². The van der Waals surface area contributed by atoms with Crippen molar-refractivity contribution in [2.45, 2.75) is 0 Å². The van der Waals surface area contributed by atoms with Crippen LogP contribution in [-0.2, 0) is 14.8 Å². The van der Waals surface area contributed by atoms with E-state index in [2.05, 4.69) is 9.62 Å². The molecule has 102 valence electrons. The quantitative estimate of drug-likeness (QED) is 0.882. The molecule has 1 aromatic carbocycles. The second-order valence-electron chi connectivity index (χ2n) is 4.17. The summed E-state index contributed by atoms with van der Waals surface area (Å²) in [5, 5.41) is 8.41. The van der Waals surface area contributed by atoms with Gasteiger partial charge in [0.1, 0.15) is 0 Å². The summed E-state index contributed by atoms with van der Waals surface area (Å²) in [7, 11) is -3.57. The smallest absolute Gasteiger partial charge is 0.246 e.